The predicted molar refractivity (Wildman–Crippen MR) is 295 cm³/mol. The first kappa shape index (κ1) is 62.7. The maximum absolute atomic E-state index is 14.4. The fourth-order valence-corrected chi connectivity index (χ4v) is 13.3. The molecule has 10 N–H and O–H groups in total. The number of aliphatic hydroxyl groups is 5. The van der Waals surface area contributed by atoms with E-state index in [1.54, 1.807) is 0 Å². The number of methoxy groups -OCH3 is 4. The quantitative estimate of drug-likeness (QED) is 0.0433. The summed E-state index contributed by atoms with van der Waals surface area (Å²) in [6.45, 7) is 2.65. The van der Waals surface area contributed by atoms with Gasteiger partial charge in [0.15, 0.2) is 35.7 Å². The van der Waals surface area contributed by atoms with Crippen LogP contribution in [0.25, 0.3) is 0 Å². The molecule has 2 fully saturated rings. The molecule has 87 heavy (non-hydrogen) atoms. The SMILES string of the molecule is COCC(COC)C(C#N)N(NC1CC(O[C@H]2C[C@](O)(C(C)=O)Cc3c(O)c4c(c(O)c32)C(=O)c2c(OC)cccc2C4=O)OC(C)C1O)C1CC(O[C@H]2C[C@](O)(C(=O)CO)Cc3c(O)c4c(c(O)c32)C(=O)c2c(OC)cccc2C4=O)OC(C)C1O. The number of rotatable bonds is 18. The summed E-state index contributed by atoms with van der Waals surface area (Å²) < 4.78 is 47.5. The van der Waals surface area contributed by atoms with Crippen molar-refractivity contribution >= 4 is 34.7 Å². The van der Waals surface area contributed by atoms with Crippen molar-refractivity contribution in [2.45, 2.75) is 138 Å². The zero-order valence-corrected chi connectivity index (χ0v) is 48.4. The van der Waals surface area contributed by atoms with Crippen molar-refractivity contribution in [3.8, 4) is 40.6 Å². The molecule has 4 aromatic carbocycles. The van der Waals surface area contributed by atoms with Crippen LogP contribution in [-0.4, -0.2) is 200 Å². The molecule has 13 atom stereocenters. The number of benzene rings is 4. The van der Waals surface area contributed by atoms with Gasteiger partial charge in [0.05, 0.1) is 116 Å². The Morgan fingerprint density at radius 2 is 1.13 bits per heavy atom. The fourth-order valence-electron chi connectivity index (χ4n) is 13.3. The molecule has 0 amide bonds. The van der Waals surface area contributed by atoms with Crippen LogP contribution in [-0.2, 0) is 50.9 Å². The number of hydrogen-bond donors (Lipinski definition) is 10. The van der Waals surface area contributed by atoms with E-state index < -0.39 is 203 Å². The van der Waals surface area contributed by atoms with Crippen molar-refractivity contribution in [2.24, 2.45) is 5.92 Å². The maximum atomic E-state index is 14.4. The average Bonchev–Trinajstić information content (AvgIpc) is 0.761. The number of carbonyl (C=O) groups excluding carboxylic acids is 6. The monoisotopic (exact) mass is 1210 g/mol. The molecule has 464 valence electrons. The summed E-state index contributed by atoms with van der Waals surface area (Å²) >= 11 is 0. The summed E-state index contributed by atoms with van der Waals surface area (Å²) in [6.07, 6.45) is -15.0. The largest absolute Gasteiger partial charge is 0.507 e. The van der Waals surface area contributed by atoms with Gasteiger partial charge in [0.1, 0.15) is 58.3 Å². The molecule has 2 aliphatic heterocycles. The molecule has 10 rings (SSSR count). The number of nitrogens with zero attached hydrogens (tertiary/aromatic N) is 2. The second kappa shape index (κ2) is 24.0. The van der Waals surface area contributed by atoms with Gasteiger partial charge in [-0.25, -0.2) is 10.4 Å². The van der Waals surface area contributed by atoms with Crippen molar-refractivity contribution in [2.75, 3.05) is 48.3 Å². The second-order valence-corrected chi connectivity index (χ2v) is 22.9. The third-order valence-electron chi connectivity index (χ3n) is 17.8. The number of aliphatic hydroxyl groups excluding tert-OH is 3. The number of Topliss-reactive ketones (excluding diaryl/α,β-unsaturated/α-hetero) is 2. The summed E-state index contributed by atoms with van der Waals surface area (Å²) in [5.41, 5.74) is -5.82. The van der Waals surface area contributed by atoms with Gasteiger partial charge < -0.3 is 83.9 Å². The van der Waals surface area contributed by atoms with Crippen LogP contribution in [0, 0.1) is 17.2 Å². The predicted octanol–water partition coefficient (Wildman–Crippen LogP) is 1.73. The van der Waals surface area contributed by atoms with Crippen LogP contribution < -0.4 is 14.9 Å². The lowest BCUT2D eigenvalue weighted by atomic mass is 9.72. The summed E-state index contributed by atoms with van der Waals surface area (Å²) in [5.74, 6) is -9.52. The number of carbonyl (C=O) groups is 6. The molecule has 4 aliphatic carbocycles. The lowest BCUT2D eigenvalue weighted by molar-refractivity contribution is -0.272. The first-order valence-electron chi connectivity index (χ1n) is 28.1. The minimum absolute atomic E-state index is 0.00850. The number of fused-ring (bicyclic) bond motifs is 6. The summed E-state index contributed by atoms with van der Waals surface area (Å²) in [6, 6.07) is 6.88. The highest BCUT2D eigenvalue weighted by molar-refractivity contribution is 6.32. The van der Waals surface area contributed by atoms with Gasteiger partial charge in [-0.1, -0.05) is 24.3 Å². The van der Waals surface area contributed by atoms with Gasteiger partial charge in [-0.05, 0) is 32.9 Å². The molecule has 9 unspecified atom stereocenters. The molecule has 6 aliphatic rings. The van der Waals surface area contributed by atoms with Gasteiger partial charge in [-0.3, -0.25) is 28.8 Å². The Morgan fingerprint density at radius 1 is 0.678 bits per heavy atom. The van der Waals surface area contributed by atoms with Gasteiger partial charge in [0.2, 0.25) is 11.6 Å². The molecule has 0 radical (unpaired) electrons. The van der Waals surface area contributed by atoms with E-state index in [0.717, 1.165) is 6.92 Å². The molecule has 4 aromatic rings. The van der Waals surface area contributed by atoms with Crippen LogP contribution in [0.3, 0.4) is 0 Å². The van der Waals surface area contributed by atoms with Gasteiger partial charge in [-0.2, -0.15) is 5.26 Å². The summed E-state index contributed by atoms with van der Waals surface area (Å²) in [7, 11) is 5.32. The van der Waals surface area contributed by atoms with E-state index in [0.29, 0.717) is 0 Å². The first-order valence-corrected chi connectivity index (χ1v) is 28.1. The number of ketones is 6. The highest BCUT2D eigenvalue weighted by Gasteiger charge is 2.54. The van der Waals surface area contributed by atoms with Gasteiger partial charge in [0.25, 0.3) is 0 Å². The third kappa shape index (κ3) is 10.4. The van der Waals surface area contributed by atoms with Gasteiger partial charge >= 0.3 is 0 Å². The van der Waals surface area contributed by atoms with Crippen LogP contribution in [0.2, 0.25) is 0 Å². The number of aromatic hydroxyl groups is 4. The molecule has 0 aromatic heterocycles. The number of nitriles is 1. The van der Waals surface area contributed by atoms with E-state index in [2.05, 4.69) is 11.5 Å². The number of phenols is 4. The van der Waals surface area contributed by atoms with E-state index in [4.69, 9.17) is 37.9 Å². The number of nitrogens with one attached hydrogen (secondary N) is 1. The van der Waals surface area contributed by atoms with E-state index in [-0.39, 0.29) is 75.6 Å². The lowest BCUT2D eigenvalue weighted by Crippen LogP contribution is -2.68. The maximum Gasteiger partial charge on any atom is 0.202 e. The molecule has 0 bridgehead atoms. The molecular weight excluding hydrogens is 1140 g/mol. The molecule has 0 saturated carbocycles. The van der Waals surface area contributed by atoms with E-state index in [9.17, 15) is 80.0 Å². The number of ether oxygens (including phenoxy) is 8. The van der Waals surface area contributed by atoms with Crippen molar-refractivity contribution < 1.29 is 113 Å². The smallest absolute Gasteiger partial charge is 0.202 e. The van der Waals surface area contributed by atoms with Crippen molar-refractivity contribution in [3.63, 3.8) is 0 Å². The third-order valence-corrected chi connectivity index (χ3v) is 17.8. The Labute approximate surface area is 497 Å². The van der Waals surface area contributed by atoms with E-state index in [1.807, 2.05) is 0 Å². The topological polar surface area (TPSA) is 397 Å². The second-order valence-electron chi connectivity index (χ2n) is 22.9. The lowest BCUT2D eigenvalue weighted by Gasteiger charge is -2.49. The number of phenolic OH excluding ortho intramolecular Hbond substituents is 4. The van der Waals surface area contributed by atoms with Crippen LogP contribution in [0.1, 0.15) is 145 Å². The number of hydrogen-bond acceptors (Lipinski definition) is 26. The van der Waals surface area contributed by atoms with E-state index in [1.165, 1.54) is 83.7 Å². The molecule has 26 heteroatoms. The van der Waals surface area contributed by atoms with Gasteiger partial charge in [0, 0.05) is 92.0 Å². The Kier molecular flexibility index (Phi) is 17.3. The summed E-state index contributed by atoms with van der Waals surface area (Å²) in [4.78, 5) is 83.8. The van der Waals surface area contributed by atoms with Crippen molar-refractivity contribution in [1.29, 1.82) is 5.26 Å². The van der Waals surface area contributed by atoms with E-state index >= 15 is 0 Å². The molecule has 2 heterocycles. The molecular formula is C61H67N3O23. The van der Waals surface area contributed by atoms with Gasteiger partial charge in [-0.15, -0.1) is 0 Å². The average molecular weight is 1210 g/mol. The number of hydrazine groups is 1. The van der Waals surface area contributed by atoms with Crippen LogP contribution in [0.15, 0.2) is 36.4 Å². The zero-order chi connectivity index (χ0) is 63.0. The van der Waals surface area contributed by atoms with Crippen LogP contribution in [0.5, 0.6) is 34.5 Å². The molecule has 26 nitrogen and oxygen atoms in total. The van der Waals surface area contributed by atoms with Crippen LogP contribution in [0.4, 0.5) is 0 Å². The fraction of sp³-hybridized carbons (Fsp3) is 0.492. The minimum Gasteiger partial charge on any atom is -0.507 e. The molecule has 2 saturated heterocycles. The standard InChI is InChI=1S/C61H67N3O23/c1-24-50(68)32(14-40(84-24)86-37-18-60(78,26(3)66)16-30-44(37)58(76)48-46(54(30)72)52(70)28-10-8-12-35(82-6)42(28)56(48)74)63-64(34(20-62)27(22-80-4)23-81-5)33-15-41(85-25(2)51(33)69)87-38-19-61(79,39(67)21-65)17-31-45(38)59(77)49-47(55(31)73)53(71)29-11-9-13-36(83-7)43(29)57(49)75/h8-13,24-25,27,32-34,37-38,40-41,50-51,63,65,68-69,72-73,76-79H,14-19,21-23H2,1-7H3/t24?,25?,32?,33?,34?,37-,38-,40?,41?,50?,51?,60-,61-/m0/s1. The van der Waals surface area contributed by atoms with Crippen molar-refractivity contribution in [1.82, 2.24) is 10.4 Å². The Hall–Kier alpha value is -7.33. The van der Waals surface area contributed by atoms with Crippen molar-refractivity contribution in [3.05, 3.63) is 103 Å². The zero-order valence-electron chi connectivity index (χ0n) is 48.4. The normalized spacial score (nSPS) is 28.6. The first-order chi connectivity index (χ1) is 41.3. The minimum atomic E-state index is -2.52. The highest BCUT2D eigenvalue weighted by atomic mass is 16.7. The highest BCUT2D eigenvalue weighted by Crippen LogP contribution is 2.55. The summed E-state index contributed by atoms with van der Waals surface area (Å²) in [5, 5.41) is 119. The van der Waals surface area contributed by atoms with Crippen LogP contribution >= 0.6 is 0 Å². The Bertz CT molecular complexity index is 3540. The Morgan fingerprint density at radius 3 is 1.57 bits per heavy atom. The Balaban J connectivity index is 1.01. The molecule has 0 spiro atoms.